The van der Waals surface area contributed by atoms with E-state index in [0.29, 0.717) is 18.8 Å². The highest BCUT2D eigenvalue weighted by molar-refractivity contribution is 7.89. The van der Waals surface area contributed by atoms with Gasteiger partial charge in [-0.1, -0.05) is 12.8 Å². The molecule has 0 spiro atoms. The third kappa shape index (κ3) is 4.22. The molecule has 0 aromatic carbocycles. The van der Waals surface area contributed by atoms with E-state index in [-0.39, 0.29) is 11.8 Å². The summed E-state index contributed by atoms with van der Waals surface area (Å²) >= 11 is 5.56. The van der Waals surface area contributed by atoms with Crippen molar-refractivity contribution in [3.05, 3.63) is 0 Å². The lowest BCUT2D eigenvalue weighted by molar-refractivity contribution is 0.341. The first kappa shape index (κ1) is 14.3. The van der Waals surface area contributed by atoms with Gasteiger partial charge in [-0.2, -0.15) is 4.31 Å². The fourth-order valence-electron chi connectivity index (χ4n) is 2.16. The number of unbranched alkanes of at least 4 members (excludes halogenated alkanes) is 1. The summed E-state index contributed by atoms with van der Waals surface area (Å²) in [6.07, 6.45) is 5.75. The van der Waals surface area contributed by atoms with Crippen LogP contribution in [0.1, 0.15) is 45.4 Å². The molecule has 1 atom stereocenters. The third-order valence-electron chi connectivity index (χ3n) is 3.14. The Balaban J connectivity index is 2.57. The topological polar surface area (TPSA) is 37.4 Å². The molecule has 5 heteroatoms. The highest BCUT2D eigenvalue weighted by Crippen LogP contribution is 2.20. The van der Waals surface area contributed by atoms with Gasteiger partial charge < -0.3 is 0 Å². The van der Waals surface area contributed by atoms with Crippen LogP contribution in [0.2, 0.25) is 0 Å². The van der Waals surface area contributed by atoms with Crippen molar-refractivity contribution in [1.82, 2.24) is 4.31 Å². The van der Waals surface area contributed by atoms with Crippen LogP contribution in [0.5, 0.6) is 0 Å². The predicted molar refractivity (Wildman–Crippen MR) is 68.4 cm³/mol. The van der Waals surface area contributed by atoms with Crippen LogP contribution in [0.25, 0.3) is 0 Å². The number of rotatable bonds is 5. The Bertz CT molecular complexity index is 292. The standard InChI is InChI=1S/C11H22ClNO2S/c1-11-7-3-2-5-9-13(11)16(14,15)10-6-4-8-12/h11H,2-10H2,1H3. The Labute approximate surface area is 104 Å². The number of hydrogen-bond acceptors (Lipinski definition) is 2. The minimum atomic E-state index is -3.05. The summed E-state index contributed by atoms with van der Waals surface area (Å²) in [5, 5.41) is 0. The molecule has 1 unspecified atom stereocenters. The molecule has 3 nitrogen and oxygen atoms in total. The van der Waals surface area contributed by atoms with Gasteiger partial charge in [0.1, 0.15) is 0 Å². The maximum absolute atomic E-state index is 12.1. The zero-order valence-electron chi connectivity index (χ0n) is 9.99. The molecule has 1 aliphatic heterocycles. The maximum Gasteiger partial charge on any atom is 0.214 e. The minimum absolute atomic E-state index is 0.170. The number of alkyl halides is 1. The highest BCUT2D eigenvalue weighted by Gasteiger charge is 2.27. The predicted octanol–water partition coefficient (Wildman–Crippen LogP) is 2.60. The van der Waals surface area contributed by atoms with Crippen LogP contribution >= 0.6 is 11.6 Å². The monoisotopic (exact) mass is 267 g/mol. The van der Waals surface area contributed by atoms with Gasteiger partial charge in [0.25, 0.3) is 0 Å². The van der Waals surface area contributed by atoms with Gasteiger partial charge in [-0.25, -0.2) is 8.42 Å². The molecule has 0 radical (unpaired) electrons. The SMILES string of the molecule is CC1CCCCCN1S(=O)(=O)CCCCCl. The lowest BCUT2D eigenvalue weighted by Crippen LogP contribution is -2.39. The van der Waals surface area contributed by atoms with E-state index in [1.54, 1.807) is 4.31 Å². The Kier molecular flexibility index (Phi) is 6.08. The lowest BCUT2D eigenvalue weighted by atomic mass is 10.1. The van der Waals surface area contributed by atoms with E-state index in [1.165, 1.54) is 0 Å². The first-order chi connectivity index (χ1) is 7.58. The second-order valence-corrected chi connectivity index (χ2v) is 6.94. The molecule has 1 fully saturated rings. The van der Waals surface area contributed by atoms with Crippen LogP contribution in [-0.4, -0.2) is 36.9 Å². The Morgan fingerprint density at radius 2 is 2.00 bits per heavy atom. The summed E-state index contributed by atoms with van der Waals surface area (Å²) in [6.45, 7) is 2.72. The van der Waals surface area contributed by atoms with Crippen molar-refractivity contribution in [1.29, 1.82) is 0 Å². The van der Waals surface area contributed by atoms with E-state index in [9.17, 15) is 8.42 Å². The van der Waals surface area contributed by atoms with Crippen LogP contribution in [0.4, 0.5) is 0 Å². The maximum atomic E-state index is 12.1. The number of hydrogen-bond donors (Lipinski definition) is 0. The van der Waals surface area contributed by atoms with E-state index in [0.717, 1.165) is 32.1 Å². The summed E-state index contributed by atoms with van der Waals surface area (Å²) in [6, 6.07) is 0.170. The molecule has 0 N–H and O–H groups in total. The van der Waals surface area contributed by atoms with Crippen molar-refractivity contribution in [2.75, 3.05) is 18.2 Å². The number of sulfonamides is 1. The van der Waals surface area contributed by atoms with Gasteiger partial charge in [0, 0.05) is 18.5 Å². The average molecular weight is 268 g/mol. The molecule has 0 saturated carbocycles. The Morgan fingerprint density at radius 3 is 2.69 bits per heavy atom. The molecule has 0 aromatic rings. The number of nitrogens with zero attached hydrogens (tertiary/aromatic N) is 1. The van der Waals surface area contributed by atoms with Crippen molar-refractivity contribution in [3.63, 3.8) is 0 Å². The molecule has 1 aliphatic rings. The van der Waals surface area contributed by atoms with Crippen LogP contribution in [-0.2, 0) is 10.0 Å². The molecule has 0 amide bonds. The largest absolute Gasteiger partial charge is 0.214 e. The summed E-state index contributed by atoms with van der Waals surface area (Å²) in [7, 11) is -3.05. The van der Waals surface area contributed by atoms with Crippen LogP contribution in [0, 0.1) is 0 Å². The van der Waals surface area contributed by atoms with Crippen molar-refractivity contribution in [3.8, 4) is 0 Å². The van der Waals surface area contributed by atoms with Gasteiger partial charge in [0.2, 0.25) is 10.0 Å². The minimum Gasteiger partial charge on any atom is -0.212 e. The quantitative estimate of drug-likeness (QED) is 0.567. The summed E-state index contributed by atoms with van der Waals surface area (Å²) < 4.78 is 25.9. The summed E-state index contributed by atoms with van der Waals surface area (Å²) in [4.78, 5) is 0. The van der Waals surface area contributed by atoms with Crippen LogP contribution in [0.3, 0.4) is 0 Å². The molecule has 0 aromatic heterocycles. The second-order valence-electron chi connectivity index (χ2n) is 4.52. The molecule has 1 saturated heterocycles. The van der Waals surface area contributed by atoms with Gasteiger partial charge in [0.15, 0.2) is 0 Å². The Hall–Kier alpha value is 0.200. The third-order valence-corrected chi connectivity index (χ3v) is 5.46. The van der Waals surface area contributed by atoms with Gasteiger partial charge in [-0.3, -0.25) is 0 Å². The van der Waals surface area contributed by atoms with Crippen molar-refractivity contribution >= 4 is 21.6 Å². The average Bonchev–Trinajstić information content (AvgIpc) is 2.43. The van der Waals surface area contributed by atoms with E-state index in [1.807, 2.05) is 6.92 Å². The summed E-state index contributed by atoms with van der Waals surface area (Å²) in [5.74, 6) is 0.801. The normalized spacial score (nSPS) is 24.2. The molecule has 16 heavy (non-hydrogen) atoms. The smallest absolute Gasteiger partial charge is 0.212 e. The molecular formula is C11H22ClNO2S. The van der Waals surface area contributed by atoms with Crippen molar-refractivity contribution in [2.45, 2.75) is 51.5 Å². The van der Waals surface area contributed by atoms with E-state index < -0.39 is 10.0 Å². The molecule has 96 valence electrons. The first-order valence-electron chi connectivity index (χ1n) is 6.13. The highest BCUT2D eigenvalue weighted by atomic mass is 35.5. The lowest BCUT2D eigenvalue weighted by Gasteiger charge is -2.26. The van der Waals surface area contributed by atoms with Gasteiger partial charge in [-0.15, -0.1) is 11.6 Å². The van der Waals surface area contributed by atoms with E-state index in [2.05, 4.69) is 0 Å². The molecule has 0 bridgehead atoms. The van der Waals surface area contributed by atoms with Crippen LogP contribution in [0.15, 0.2) is 0 Å². The molecular weight excluding hydrogens is 246 g/mol. The zero-order chi connectivity index (χ0) is 12.0. The van der Waals surface area contributed by atoms with Gasteiger partial charge in [-0.05, 0) is 32.6 Å². The second kappa shape index (κ2) is 6.82. The van der Waals surface area contributed by atoms with Crippen LogP contribution < -0.4 is 0 Å². The Morgan fingerprint density at radius 1 is 1.25 bits per heavy atom. The van der Waals surface area contributed by atoms with Gasteiger partial charge >= 0.3 is 0 Å². The van der Waals surface area contributed by atoms with E-state index >= 15 is 0 Å². The molecule has 1 heterocycles. The number of halogens is 1. The molecule has 0 aliphatic carbocycles. The van der Waals surface area contributed by atoms with Gasteiger partial charge in [0.05, 0.1) is 5.75 Å². The summed E-state index contributed by atoms with van der Waals surface area (Å²) in [5.41, 5.74) is 0. The van der Waals surface area contributed by atoms with Crippen molar-refractivity contribution < 1.29 is 8.42 Å². The fourth-order valence-corrected chi connectivity index (χ4v) is 4.21. The zero-order valence-corrected chi connectivity index (χ0v) is 11.6. The molecule has 1 rings (SSSR count). The fraction of sp³-hybridized carbons (Fsp3) is 1.00. The van der Waals surface area contributed by atoms with Crippen molar-refractivity contribution in [2.24, 2.45) is 0 Å². The van der Waals surface area contributed by atoms with E-state index in [4.69, 9.17) is 11.6 Å². The first-order valence-corrected chi connectivity index (χ1v) is 8.28.